The fourth-order valence-electron chi connectivity index (χ4n) is 2.87. The van der Waals surface area contributed by atoms with Crippen LogP contribution in [-0.2, 0) is 4.79 Å². The highest BCUT2D eigenvalue weighted by molar-refractivity contribution is 5.81. The minimum atomic E-state index is 0.473. The van der Waals surface area contributed by atoms with Crippen LogP contribution in [0, 0.1) is 11.8 Å². The van der Waals surface area contributed by atoms with Crippen molar-refractivity contribution in [2.75, 3.05) is 0 Å². The van der Waals surface area contributed by atoms with Gasteiger partial charge in [0.2, 0.25) is 0 Å². The van der Waals surface area contributed by atoms with Crippen molar-refractivity contribution in [3.8, 4) is 0 Å². The minimum absolute atomic E-state index is 0.473. The normalized spacial score (nSPS) is 37.2. The molecular weight excluding hydrogens is 148 g/mol. The first-order valence-corrected chi connectivity index (χ1v) is 5.40. The van der Waals surface area contributed by atoms with Crippen molar-refractivity contribution in [1.29, 1.82) is 0 Å². The Labute approximate surface area is 74.5 Å². The van der Waals surface area contributed by atoms with Crippen LogP contribution < -0.4 is 0 Å². The third kappa shape index (κ3) is 1.55. The summed E-state index contributed by atoms with van der Waals surface area (Å²) in [5, 5.41) is 0. The third-order valence-corrected chi connectivity index (χ3v) is 3.57. The highest BCUT2D eigenvalue weighted by atomic mass is 16.1. The fraction of sp³-hybridized carbons (Fsp3) is 0.909. The molecule has 0 saturated heterocycles. The molecule has 0 unspecified atom stereocenters. The molecule has 12 heavy (non-hydrogen) atoms. The van der Waals surface area contributed by atoms with Gasteiger partial charge in [0.15, 0.2) is 0 Å². The second kappa shape index (κ2) is 3.59. The number of carbonyl (C=O) groups is 1. The van der Waals surface area contributed by atoms with Crippen LogP contribution in [0.5, 0.6) is 0 Å². The van der Waals surface area contributed by atoms with E-state index in [-0.39, 0.29) is 0 Å². The average molecular weight is 166 g/mol. The Bertz CT molecular complexity index is 174. The molecular formula is C11H18O. The van der Waals surface area contributed by atoms with E-state index in [2.05, 4.69) is 0 Å². The topological polar surface area (TPSA) is 17.1 Å². The number of ketones is 1. The van der Waals surface area contributed by atoms with Crippen LogP contribution >= 0.6 is 0 Å². The first-order valence-electron chi connectivity index (χ1n) is 5.40. The summed E-state index contributed by atoms with van der Waals surface area (Å²) in [4.78, 5) is 11.6. The first-order chi connectivity index (χ1) is 5.88. The van der Waals surface area contributed by atoms with E-state index in [1.165, 1.54) is 38.5 Å². The molecule has 0 spiro atoms. The summed E-state index contributed by atoms with van der Waals surface area (Å²) >= 11 is 0. The number of Topliss-reactive ketones (excluding diaryl/α,β-unsaturated/α-hetero) is 1. The van der Waals surface area contributed by atoms with Crippen LogP contribution in [0.3, 0.4) is 0 Å². The van der Waals surface area contributed by atoms with Gasteiger partial charge >= 0.3 is 0 Å². The van der Waals surface area contributed by atoms with Crippen molar-refractivity contribution in [1.82, 2.24) is 0 Å². The van der Waals surface area contributed by atoms with E-state index in [9.17, 15) is 4.79 Å². The van der Waals surface area contributed by atoms with Crippen molar-refractivity contribution in [2.24, 2.45) is 11.8 Å². The van der Waals surface area contributed by atoms with Gasteiger partial charge < -0.3 is 0 Å². The molecule has 1 nitrogen and oxygen atoms in total. The van der Waals surface area contributed by atoms with Gasteiger partial charge in [0.1, 0.15) is 5.78 Å². The molecule has 0 amide bonds. The molecule has 0 radical (unpaired) electrons. The predicted molar refractivity (Wildman–Crippen MR) is 48.9 cm³/mol. The van der Waals surface area contributed by atoms with E-state index in [0.717, 1.165) is 18.8 Å². The van der Waals surface area contributed by atoms with Crippen LogP contribution in [0.1, 0.15) is 51.4 Å². The Morgan fingerprint density at radius 2 is 1.58 bits per heavy atom. The van der Waals surface area contributed by atoms with Gasteiger partial charge in [-0.25, -0.2) is 0 Å². The molecule has 0 aliphatic heterocycles. The SMILES string of the molecule is O=C1CCCC[C@H]2CCCC[C@@H]12. The van der Waals surface area contributed by atoms with Crippen LogP contribution in [0.25, 0.3) is 0 Å². The molecule has 2 aliphatic rings. The van der Waals surface area contributed by atoms with Crippen molar-refractivity contribution >= 4 is 5.78 Å². The lowest BCUT2D eigenvalue weighted by Gasteiger charge is -2.28. The predicted octanol–water partition coefficient (Wildman–Crippen LogP) is 2.94. The first kappa shape index (κ1) is 8.28. The van der Waals surface area contributed by atoms with Gasteiger partial charge in [0.05, 0.1) is 0 Å². The molecule has 1 heteroatoms. The van der Waals surface area contributed by atoms with Gasteiger partial charge in [-0.2, -0.15) is 0 Å². The number of carbonyl (C=O) groups excluding carboxylic acids is 1. The molecule has 0 aromatic carbocycles. The van der Waals surface area contributed by atoms with Crippen LogP contribution in [0.4, 0.5) is 0 Å². The molecule has 2 rings (SSSR count). The third-order valence-electron chi connectivity index (χ3n) is 3.57. The summed E-state index contributed by atoms with van der Waals surface area (Å²) in [6.07, 6.45) is 9.86. The summed E-state index contributed by atoms with van der Waals surface area (Å²) in [6.45, 7) is 0. The summed E-state index contributed by atoms with van der Waals surface area (Å²) in [5.41, 5.74) is 0. The van der Waals surface area contributed by atoms with Crippen molar-refractivity contribution < 1.29 is 4.79 Å². The van der Waals surface area contributed by atoms with E-state index >= 15 is 0 Å². The lowest BCUT2D eigenvalue weighted by molar-refractivity contribution is -0.125. The van der Waals surface area contributed by atoms with Gasteiger partial charge in [-0.3, -0.25) is 4.79 Å². The molecule has 0 aromatic rings. The largest absolute Gasteiger partial charge is 0.299 e. The van der Waals surface area contributed by atoms with E-state index in [1.807, 2.05) is 0 Å². The molecule has 0 bridgehead atoms. The molecule has 2 atom stereocenters. The van der Waals surface area contributed by atoms with Gasteiger partial charge in [-0.1, -0.05) is 19.3 Å². The maximum atomic E-state index is 11.6. The zero-order valence-corrected chi connectivity index (χ0v) is 7.72. The van der Waals surface area contributed by atoms with Crippen LogP contribution in [0.2, 0.25) is 0 Å². The second-order valence-corrected chi connectivity index (χ2v) is 4.36. The number of rotatable bonds is 0. The Morgan fingerprint density at radius 1 is 0.917 bits per heavy atom. The molecule has 68 valence electrons. The Kier molecular flexibility index (Phi) is 2.48. The highest BCUT2D eigenvalue weighted by Crippen LogP contribution is 2.37. The van der Waals surface area contributed by atoms with E-state index in [4.69, 9.17) is 0 Å². The van der Waals surface area contributed by atoms with Crippen molar-refractivity contribution in [3.63, 3.8) is 0 Å². The number of hydrogen-bond donors (Lipinski definition) is 0. The molecule has 2 fully saturated rings. The van der Waals surface area contributed by atoms with Crippen molar-refractivity contribution in [3.05, 3.63) is 0 Å². The molecule has 2 saturated carbocycles. The average Bonchev–Trinajstić information content (AvgIpc) is 2.29. The van der Waals surface area contributed by atoms with E-state index in [0.29, 0.717) is 11.7 Å². The van der Waals surface area contributed by atoms with Crippen molar-refractivity contribution in [2.45, 2.75) is 51.4 Å². The summed E-state index contributed by atoms with van der Waals surface area (Å²) in [5.74, 6) is 1.83. The standard InChI is InChI=1S/C11H18O/c12-11-8-4-2-6-9-5-1-3-7-10(9)11/h9-10H,1-8H2/t9-,10-/m1/s1. The molecule has 0 N–H and O–H groups in total. The minimum Gasteiger partial charge on any atom is -0.299 e. The lowest BCUT2D eigenvalue weighted by Crippen LogP contribution is -2.25. The van der Waals surface area contributed by atoms with Gasteiger partial charge in [-0.05, 0) is 31.6 Å². The van der Waals surface area contributed by atoms with Gasteiger partial charge in [0.25, 0.3) is 0 Å². The second-order valence-electron chi connectivity index (χ2n) is 4.36. The van der Waals surface area contributed by atoms with Crippen LogP contribution in [0.15, 0.2) is 0 Å². The zero-order chi connectivity index (χ0) is 8.39. The summed E-state index contributed by atoms with van der Waals surface area (Å²) < 4.78 is 0. The molecule has 0 aromatic heterocycles. The fourth-order valence-corrected chi connectivity index (χ4v) is 2.87. The quantitative estimate of drug-likeness (QED) is 0.540. The summed E-state index contributed by atoms with van der Waals surface area (Å²) in [6, 6.07) is 0. The Morgan fingerprint density at radius 3 is 2.42 bits per heavy atom. The zero-order valence-electron chi connectivity index (χ0n) is 7.72. The Hall–Kier alpha value is -0.330. The molecule has 0 heterocycles. The van der Waals surface area contributed by atoms with E-state index < -0.39 is 0 Å². The van der Waals surface area contributed by atoms with Gasteiger partial charge in [0, 0.05) is 12.3 Å². The summed E-state index contributed by atoms with van der Waals surface area (Å²) in [7, 11) is 0. The maximum Gasteiger partial charge on any atom is 0.136 e. The number of hydrogen-bond acceptors (Lipinski definition) is 1. The molecule has 2 aliphatic carbocycles. The Balaban J connectivity index is 2.06. The van der Waals surface area contributed by atoms with Gasteiger partial charge in [-0.15, -0.1) is 0 Å². The number of fused-ring (bicyclic) bond motifs is 1. The maximum absolute atomic E-state index is 11.6. The van der Waals surface area contributed by atoms with E-state index in [1.54, 1.807) is 0 Å². The van der Waals surface area contributed by atoms with Crippen LogP contribution in [-0.4, -0.2) is 5.78 Å². The lowest BCUT2D eigenvalue weighted by atomic mass is 9.76. The monoisotopic (exact) mass is 166 g/mol. The highest BCUT2D eigenvalue weighted by Gasteiger charge is 2.31. The smallest absolute Gasteiger partial charge is 0.136 e.